The highest BCUT2D eigenvalue weighted by molar-refractivity contribution is 5.95. The zero-order valence-corrected chi connectivity index (χ0v) is 14.8. The summed E-state index contributed by atoms with van der Waals surface area (Å²) in [6, 6.07) is 12.3. The fraction of sp³-hybridized carbons (Fsp3) is 0.158. The van der Waals surface area contributed by atoms with Crippen LogP contribution in [0, 0.1) is 10.1 Å². The molecule has 0 spiro atoms. The minimum absolute atomic E-state index is 0.145. The maximum absolute atomic E-state index is 12.8. The summed E-state index contributed by atoms with van der Waals surface area (Å²) in [6.45, 7) is 0. The SMILES string of the molecule is COc1ccccc1C(NC(=O)c1cccc([N+](=O)[O-])c1)c1nccn1C. The van der Waals surface area contributed by atoms with Gasteiger partial charge in [-0.1, -0.05) is 24.3 Å². The first-order valence-corrected chi connectivity index (χ1v) is 8.16. The number of nitro benzene ring substituents is 1. The highest BCUT2D eigenvalue weighted by atomic mass is 16.6. The number of para-hydroxylation sites is 1. The smallest absolute Gasteiger partial charge is 0.270 e. The van der Waals surface area contributed by atoms with Gasteiger partial charge in [-0.05, 0) is 12.1 Å². The number of hydrogen-bond donors (Lipinski definition) is 1. The number of carbonyl (C=O) groups excluding carboxylic acids is 1. The van der Waals surface area contributed by atoms with Crippen LogP contribution in [0.4, 0.5) is 5.69 Å². The van der Waals surface area contributed by atoms with Crippen LogP contribution in [0.5, 0.6) is 5.75 Å². The molecule has 8 nitrogen and oxygen atoms in total. The zero-order chi connectivity index (χ0) is 19.4. The van der Waals surface area contributed by atoms with Crippen molar-refractivity contribution in [2.45, 2.75) is 6.04 Å². The quantitative estimate of drug-likeness (QED) is 0.534. The summed E-state index contributed by atoms with van der Waals surface area (Å²) in [7, 11) is 3.38. The number of carbonyl (C=O) groups is 1. The lowest BCUT2D eigenvalue weighted by atomic mass is 10.0. The molecule has 0 radical (unpaired) electrons. The minimum atomic E-state index is -0.590. The third-order valence-corrected chi connectivity index (χ3v) is 4.16. The largest absolute Gasteiger partial charge is 0.496 e. The van der Waals surface area contributed by atoms with Gasteiger partial charge < -0.3 is 14.6 Å². The van der Waals surface area contributed by atoms with Crippen LogP contribution < -0.4 is 10.1 Å². The Hall–Kier alpha value is -3.68. The first kappa shape index (κ1) is 18.1. The summed E-state index contributed by atoms with van der Waals surface area (Å²) in [5.41, 5.74) is 0.778. The van der Waals surface area contributed by atoms with E-state index < -0.39 is 16.9 Å². The third kappa shape index (κ3) is 3.79. The average Bonchev–Trinajstić information content (AvgIpc) is 3.11. The van der Waals surface area contributed by atoms with Gasteiger partial charge in [0.2, 0.25) is 0 Å². The van der Waals surface area contributed by atoms with Crippen LogP contribution in [0.25, 0.3) is 0 Å². The minimum Gasteiger partial charge on any atom is -0.496 e. The summed E-state index contributed by atoms with van der Waals surface area (Å²) >= 11 is 0. The number of nitro groups is 1. The molecule has 1 N–H and O–H groups in total. The Kier molecular flexibility index (Phi) is 5.16. The molecule has 27 heavy (non-hydrogen) atoms. The number of nitrogens with one attached hydrogen (secondary N) is 1. The van der Waals surface area contributed by atoms with Gasteiger partial charge in [0.15, 0.2) is 0 Å². The van der Waals surface area contributed by atoms with Gasteiger partial charge >= 0.3 is 0 Å². The molecule has 1 amide bonds. The van der Waals surface area contributed by atoms with Crippen LogP contribution in [0.2, 0.25) is 0 Å². The van der Waals surface area contributed by atoms with Crippen molar-refractivity contribution in [3.05, 3.63) is 88.0 Å². The van der Waals surface area contributed by atoms with E-state index in [1.165, 1.54) is 24.3 Å². The van der Waals surface area contributed by atoms with Crippen molar-refractivity contribution in [1.82, 2.24) is 14.9 Å². The number of hydrogen-bond acceptors (Lipinski definition) is 5. The van der Waals surface area contributed by atoms with Gasteiger partial charge in [-0.2, -0.15) is 0 Å². The Balaban J connectivity index is 2.00. The first-order valence-electron chi connectivity index (χ1n) is 8.16. The Labute approximate surface area is 155 Å². The molecule has 0 fully saturated rings. The van der Waals surface area contributed by atoms with E-state index in [2.05, 4.69) is 10.3 Å². The van der Waals surface area contributed by atoms with Gasteiger partial charge in [-0.25, -0.2) is 4.98 Å². The van der Waals surface area contributed by atoms with Crippen molar-refractivity contribution < 1.29 is 14.5 Å². The number of aromatic nitrogens is 2. The molecule has 0 aliphatic rings. The van der Waals surface area contributed by atoms with Crippen molar-refractivity contribution >= 4 is 11.6 Å². The predicted molar refractivity (Wildman–Crippen MR) is 98.6 cm³/mol. The number of amides is 1. The normalized spacial score (nSPS) is 11.6. The van der Waals surface area contributed by atoms with E-state index in [1.54, 1.807) is 30.1 Å². The summed E-state index contributed by atoms with van der Waals surface area (Å²) in [5.74, 6) is 0.765. The standard InChI is InChI=1S/C19H18N4O4/c1-22-11-10-20-18(22)17(15-8-3-4-9-16(15)27-2)21-19(24)13-6-5-7-14(12-13)23(25)26/h3-12,17H,1-2H3,(H,21,24). The summed E-state index contributed by atoms with van der Waals surface area (Å²) in [5, 5.41) is 13.9. The second-order valence-corrected chi connectivity index (χ2v) is 5.85. The average molecular weight is 366 g/mol. The lowest BCUT2D eigenvalue weighted by Crippen LogP contribution is -2.31. The van der Waals surface area contributed by atoms with Crippen molar-refractivity contribution in [3.63, 3.8) is 0 Å². The number of nitrogens with zero attached hydrogens (tertiary/aromatic N) is 3. The van der Waals surface area contributed by atoms with Crippen LogP contribution in [-0.2, 0) is 7.05 Å². The van der Waals surface area contributed by atoms with Crippen LogP contribution in [0.15, 0.2) is 60.9 Å². The van der Waals surface area contributed by atoms with Gasteiger partial charge in [-0.15, -0.1) is 0 Å². The summed E-state index contributed by atoms with van der Waals surface area (Å²) in [6.07, 6.45) is 3.41. The topological polar surface area (TPSA) is 99.3 Å². The molecule has 1 atom stereocenters. The molecule has 0 aliphatic carbocycles. The molecule has 2 aromatic carbocycles. The van der Waals surface area contributed by atoms with E-state index >= 15 is 0 Å². The maximum Gasteiger partial charge on any atom is 0.270 e. The molecule has 1 aromatic heterocycles. The monoisotopic (exact) mass is 366 g/mol. The second kappa shape index (κ2) is 7.69. The number of methoxy groups -OCH3 is 1. The predicted octanol–water partition coefficient (Wildman–Crippen LogP) is 2.86. The van der Waals surface area contributed by atoms with Crippen molar-refractivity contribution in [3.8, 4) is 5.75 Å². The molecule has 3 aromatic rings. The molecule has 1 unspecified atom stereocenters. The van der Waals surface area contributed by atoms with Crippen LogP contribution >= 0.6 is 0 Å². The number of ether oxygens (including phenoxy) is 1. The van der Waals surface area contributed by atoms with Gasteiger partial charge in [0.1, 0.15) is 17.6 Å². The van der Waals surface area contributed by atoms with Crippen LogP contribution in [0.1, 0.15) is 27.8 Å². The van der Waals surface area contributed by atoms with Crippen LogP contribution in [0.3, 0.4) is 0 Å². The Morgan fingerprint density at radius 3 is 2.70 bits per heavy atom. The molecular weight excluding hydrogens is 348 g/mol. The van der Waals surface area contributed by atoms with E-state index in [9.17, 15) is 14.9 Å². The van der Waals surface area contributed by atoms with Crippen molar-refractivity contribution in [2.24, 2.45) is 7.05 Å². The highest BCUT2D eigenvalue weighted by Gasteiger charge is 2.24. The fourth-order valence-electron chi connectivity index (χ4n) is 2.82. The first-order chi connectivity index (χ1) is 13.0. The van der Waals surface area contributed by atoms with Crippen molar-refractivity contribution in [2.75, 3.05) is 7.11 Å². The Morgan fingerprint density at radius 2 is 2.04 bits per heavy atom. The van der Waals surface area contributed by atoms with E-state index in [0.717, 1.165) is 5.56 Å². The number of benzene rings is 2. The van der Waals surface area contributed by atoms with E-state index in [0.29, 0.717) is 11.6 Å². The van der Waals surface area contributed by atoms with Gasteiger partial charge in [-0.3, -0.25) is 14.9 Å². The molecule has 0 aliphatic heterocycles. The molecule has 0 saturated carbocycles. The van der Waals surface area contributed by atoms with E-state index in [-0.39, 0.29) is 11.3 Å². The zero-order valence-electron chi connectivity index (χ0n) is 14.8. The maximum atomic E-state index is 12.8. The lowest BCUT2D eigenvalue weighted by molar-refractivity contribution is -0.384. The van der Waals surface area contributed by atoms with Crippen molar-refractivity contribution in [1.29, 1.82) is 0 Å². The molecule has 3 rings (SSSR count). The van der Waals surface area contributed by atoms with E-state index in [1.807, 2.05) is 25.2 Å². The van der Waals surface area contributed by atoms with Gasteiger partial charge in [0.25, 0.3) is 11.6 Å². The number of non-ortho nitro benzene ring substituents is 1. The third-order valence-electron chi connectivity index (χ3n) is 4.16. The van der Waals surface area contributed by atoms with Crippen LogP contribution in [-0.4, -0.2) is 27.5 Å². The molecule has 1 heterocycles. The molecular formula is C19H18N4O4. The highest BCUT2D eigenvalue weighted by Crippen LogP contribution is 2.29. The molecule has 0 saturated heterocycles. The number of aryl methyl sites for hydroxylation is 1. The van der Waals surface area contributed by atoms with E-state index in [4.69, 9.17) is 4.74 Å². The number of imidazole rings is 1. The molecule has 8 heteroatoms. The van der Waals surface area contributed by atoms with Gasteiger partial charge in [0.05, 0.1) is 12.0 Å². The summed E-state index contributed by atoms with van der Waals surface area (Å²) < 4.78 is 7.22. The Bertz CT molecular complexity index is 983. The lowest BCUT2D eigenvalue weighted by Gasteiger charge is -2.21. The fourth-order valence-corrected chi connectivity index (χ4v) is 2.82. The summed E-state index contributed by atoms with van der Waals surface area (Å²) in [4.78, 5) is 27.6. The molecule has 0 bridgehead atoms. The van der Waals surface area contributed by atoms with Gasteiger partial charge in [0, 0.05) is 42.7 Å². The Morgan fingerprint density at radius 1 is 1.26 bits per heavy atom. The molecule has 138 valence electrons. The number of rotatable bonds is 6. The second-order valence-electron chi connectivity index (χ2n) is 5.85.